The minimum Gasteiger partial charge on any atom is -0.442 e. The molecule has 0 radical (unpaired) electrons. The van der Waals surface area contributed by atoms with Crippen molar-refractivity contribution in [2.75, 3.05) is 13.2 Å². The molecule has 0 saturated heterocycles. The van der Waals surface area contributed by atoms with Gasteiger partial charge in [-0.3, -0.25) is 5.41 Å². The van der Waals surface area contributed by atoms with Gasteiger partial charge in [0.25, 0.3) is 0 Å². The van der Waals surface area contributed by atoms with Crippen LogP contribution in [-0.4, -0.2) is 19.1 Å². The number of benzene rings is 2. The van der Waals surface area contributed by atoms with E-state index in [4.69, 9.17) is 14.9 Å². The van der Waals surface area contributed by atoms with Gasteiger partial charge in [-0.05, 0) is 29.3 Å². The van der Waals surface area contributed by atoms with Gasteiger partial charge in [-0.25, -0.2) is 0 Å². The van der Waals surface area contributed by atoms with E-state index in [1.54, 1.807) is 0 Å². The van der Waals surface area contributed by atoms with Crippen LogP contribution in [0.15, 0.2) is 65.4 Å². The van der Waals surface area contributed by atoms with Gasteiger partial charge in [0, 0.05) is 17.1 Å². The molecule has 0 aromatic heterocycles. The van der Waals surface area contributed by atoms with Crippen molar-refractivity contribution in [3.05, 3.63) is 87.7 Å². The highest BCUT2D eigenvalue weighted by molar-refractivity contribution is 5.84. The minimum atomic E-state index is -4.72. The van der Waals surface area contributed by atoms with E-state index >= 15 is 0 Å². The molecule has 2 unspecified atom stereocenters. The van der Waals surface area contributed by atoms with Crippen molar-refractivity contribution in [3.63, 3.8) is 0 Å². The van der Waals surface area contributed by atoms with Gasteiger partial charge in [0.15, 0.2) is 0 Å². The van der Waals surface area contributed by atoms with Crippen LogP contribution in [0.2, 0.25) is 0 Å². The zero-order chi connectivity index (χ0) is 24.7. The fraction of sp³-hybridized carbons (Fsp3) is 0.250. The highest BCUT2D eigenvalue weighted by Gasteiger charge is 2.45. The molecule has 4 rings (SSSR count). The third kappa shape index (κ3) is 4.31. The summed E-state index contributed by atoms with van der Waals surface area (Å²) < 4.78 is 92.6. The summed E-state index contributed by atoms with van der Waals surface area (Å²) in [6.45, 7) is -0.376. The maximum atomic E-state index is 13.7. The third-order valence-corrected chi connectivity index (χ3v) is 5.64. The van der Waals surface area contributed by atoms with Crippen LogP contribution < -0.4 is 0 Å². The molecule has 2 aliphatic rings. The number of nitrogens with one attached hydrogen (secondary N) is 1. The highest BCUT2D eigenvalue weighted by Crippen LogP contribution is 2.47. The van der Waals surface area contributed by atoms with Crippen LogP contribution in [0.3, 0.4) is 0 Å². The zero-order valence-electron chi connectivity index (χ0n) is 17.3. The molecule has 0 fully saturated rings. The van der Waals surface area contributed by atoms with E-state index in [2.05, 4.69) is 0 Å². The van der Waals surface area contributed by atoms with Gasteiger partial charge in [0.1, 0.15) is 11.7 Å². The van der Waals surface area contributed by atoms with Crippen molar-refractivity contribution < 1.29 is 35.8 Å². The van der Waals surface area contributed by atoms with Crippen molar-refractivity contribution in [3.8, 4) is 6.07 Å². The first-order valence-electron chi connectivity index (χ1n) is 10.0. The Morgan fingerprint density at radius 1 is 0.912 bits per heavy atom. The molecule has 0 saturated carbocycles. The smallest absolute Gasteiger partial charge is 0.416 e. The van der Waals surface area contributed by atoms with Crippen LogP contribution in [0, 0.1) is 22.7 Å². The number of rotatable bonds is 2. The molecule has 4 nitrogen and oxygen atoms in total. The third-order valence-electron chi connectivity index (χ3n) is 5.64. The fourth-order valence-electron chi connectivity index (χ4n) is 4.20. The molecule has 2 aromatic carbocycles. The van der Waals surface area contributed by atoms with E-state index in [0.717, 1.165) is 12.1 Å². The quantitative estimate of drug-likeness (QED) is 0.514. The first-order valence-corrected chi connectivity index (χ1v) is 10.0. The number of hydrogen-bond donors (Lipinski definition) is 1. The largest absolute Gasteiger partial charge is 0.442 e. The fourth-order valence-corrected chi connectivity index (χ4v) is 4.20. The Bertz CT molecular complexity index is 1240. The van der Waals surface area contributed by atoms with Crippen LogP contribution in [0.5, 0.6) is 0 Å². The van der Waals surface area contributed by atoms with Crippen molar-refractivity contribution >= 4 is 12.0 Å². The standard InChI is InChI=1S/C24H16F6N2O2/c25-23(26,27)18-7-3-1-5-13(18)9-14-11-33-12-17-20(16(10-31)22(32)34-21(14)17)15-6-2-4-8-19(15)24(28,29)30/h1-9,16,20,32H,11-12H2/b14-9+,32-22?. The van der Waals surface area contributed by atoms with Gasteiger partial charge < -0.3 is 9.47 Å². The molecule has 0 amide bonds. The Morgan fingerprint density at radius 3 is 2.18 bits per heavy atom. The minimum absolute atomic E-state index is 0.0401. The molecule has 2 aromatic rings. The van der Waals surface area contributed by atoms with Gasteiger partial charge in [0.2, 0.25) is 5.90 Å². The van der Waals surface area contributed by atoms with E-state index in [1.165, 1.54) is 42.5 Å². The van der Waals surface area contributed by atoms with E-state index in [0.29, 0.717) is 0 Å². The molecule has 0 bridgehead atoms. The lowest BCUT2D eigenvalue weighted by molar-refractivity contribution is -0.139. The Morgan fingerprint density at radius 2 is 1.53 bits per heavy atom. The van der Waals surface area contributed by atoms with Crippen molar-refractivity contribution in [2.24, 2.45) is 5.92 Å². The van der Waals surface area contributed by atoms with Crippen molar-refractivity contribution in [2.45, 2.75) is 18.3 Å². The van der Waals surface area contributed by atoms with Crippen LogP contribution in [0.4, 0.5) is 26.3 Å². The van der Waals surface area contributed by atoms with Gasteiger partial charge in [-0.15, -0.1) is 0 Å². The van der Waals surface area contributed by atoms with Gasteiger partial charge in [-0.1, -0.05) is 36.4 Å². The lowest BCUT2D eigenvalue weighted by Gasteiger charge is -2.36. The molecular weight excluding hydrogens is 462 g/mol. The van der Waals surface area contributed by atoms with Gasteiger partial charge in [0.05, 0.1) is 30.4 Å². The molecular formula is C24H16F6N2O2. The molecule has 2 atom stereocenters. The van der Waals surface area contributed by atoms with E-state index in [9.17, 15) is 31.6 Å². The van der Waals surface area contributed by atoms with Crippen LogP contribution in [0.25, 0.3) is 6.08 Å². The SMILES string of the molecule is N#CC1C(=N)OC2=C(COC/C2=C\c2ccccc2C(F)(F)F)C1c1ccccc1C(F)(F)F. The van der Waals surface area contributed by atoms with Crippen molar-refractivity contribution in [1.82, 2.24) is 0 Å². The average Bonchev–Trinajstić information content (AvgIpc) is 2.78. The number of alkyl halides is 6. The zero-order valence-corrected chi connectivity index (χ0v) is 17.3. The van der Waals surface area contributed by atoms with Crippen LogP contribution in [-0.2, 0) is 21.8 Å². The lowest BCUT2D eigenvalue weighted by atomic mass is 9.76. The topological polar surface area (TPSA) is 66.1 Å². The number of nitrogens with zero attached hydrogens (tertiary/aromatic N) is 1. The first-order chi connectivity index (χ1) is 16.0. The Kier molecular flexibility index (Phi) is 6.00. The second-order valence-electron chi connectivity index (χ2n) is 7.74. The summed E-state index contributed by atoms with van der Waals surface area (Å²) >= 11 is 0. The number of hydrogen-bond acceptors (Lipinski definition) is 4. The summed E-state index contributed by atoms with van der Waals surface area (Å²) in [5, 5.41) is 17.8. The van der Waals surface area contributed by atoms with Gasteiger partial charge >= 0.3 is 12.4 Å². The van der Waals surface area contributed by atoms with Crippen LogP contribution in [0.1, 0.15) is 28.2 Å². The molecule has 2 heterocycles. The summed E-state index contributed by atoms with van der Waals surface area (Å²) in [5.74, 6) is -3.21. The van der Waals surface area contributed by atoms with Crippen molar-refractivity contribution in [1.29, 1.82) is 10.7 Å². The molecule has 34 heavy (non-hydrogen) atoms. The average molecular weight is 478 g/mol. The summed E-state index contributed by atoms with van der Waals surface area (Å²) in [6, 6.07) is 11.3. The molecule has 0 spiro atoms. The predicted molar refractivity (Wildman–Crippen MR) is 109 cm³/mol. The predicted octanol–water partition coefficient (Wildman–Crippen LogP) is 6.32. The summed E-state index contributed by atoms with van der Waals surface area (Å²) in [5.41, 5.74) is -2.00. The number of nitriles is 1. The van der Waals surface area contributed by atoms with E-state index in [-0.39, 0.29) is 41.2 Å². The second kappa shape index (κ2) is 8.65. The lowest BCUT2D eigenvalue weighted by Crippen LogP contribution is -2.35. The molecule has 0 aliphatic carbocycles. The van der Waals surface area contributed by atoms with Gasteiger partial charge in [-0.2, -0.15) is 31.6 Å². The Balaban J connectivity index is 1.91. The Hall–Kier alpha value is -3.58. The number of ether oxygens (including phenoxy) is 2. The highest BCUT2D eigenvalue weighted by atomic mass is 19.4. The van der Waals surface area contributed by atoms with E-state index < -0.39 is 41.2 Å². The number of halogens is 6. The molecule has 2 aliphatic heterocycles. The maximum Gasteiger partial charge on any atom is 0.416 e. The summed E-state index contributed by atoms with van der Waals surface area (Å²) in [4.78, 5) is 0. The molecule has 1 N–H and O–H groups in total. The monoisotopic (exact) mass is 478 g/mol. The maximum absolute atomic E-state index is 13.7. The first kappa shape index (κ1) is 23.6. The second-order valence-corrected chi connectivity index (χ2v) is 7.74. The molecule has 10 heteroatoms. The van der Waals surface area contributed by atoms with Crippen LogP contribution >= 0.6 is 0 Å². The summed E-state index contributed by atoms with van der Waals surface area (Å²) in [6.07, 6.45) is -8.18. The Labute approximate surface area is 190 Å². The van der Waals surface area contributed by atoms with E-state index in [1.807, 2.05) is 6.07 Å². The molecule has 176 valence electrons. The summed E-state index contributed by atoms with van der Waals surface area (Å²) in [7, 11) is 0. The normalized spacial score (nSPS) is 22.3.